The summed E-state index contributed by atoms with van der Waals surface area (Å²) in [6, 6.07) is 5.08. The molecule has 1 aliphatic heterocycles. The molecule has 28 heavy (non-hydrogen) atoms. The summed E-state index contributed by atoms with van der Waals surface area (Å²) in [5.74, 6) is 1.24. The highest BCUT2D eigenvalue weighted by Gasteiger charge is 2.25. The molecule has 10 heteroatoms. The number of morpholine rings is 1. The van der Waals surface area contributed by atoms with E-state index in [1.54, 1.807) is 25.3 Å². The standard InChI is InChI=1S/C18H19N5O5/c1-25-12-4-3-11(9-13(12)26-2)21-17(24)15-14-16(23-5-7-27-8-6-23)19-10-20-18(14)28-22-15/h3-4,9-10H,5-8H2,1-2H3,(H,21,24). The van der Waals surface area contributed by atoms with E-state index in [0.29, 0.717) is 54.7 Å². The number of nitrogens with zero attached hydrogens (tertiary/aromatic N) is 4. The average Bonchev–Trinajstić information content (AvgIpc) is 3.18. The SMILES string of the molecule is COc1ccc(NC(=O)c2noc3ncnc(N4CCOCC4)c23)cc1OC. The van der Waals surface area contributed by atoms with Gasteiger partial charge < -0.3 is 29.0 Å². The van der Waals surface area contributed by atoms with Gasteiger partial charge in [0.05, 0.1) is 27.4 Å². The van der Waals surface area contributed by atoms with Crippen LogP contribution in [-0.2, 0) is 4.74 Å². The second-order valence-electron chi connectivity index (χ2n) is 6.03. The van der Waals surface area contributed by atoms with Gasteiger partial charge in [0, 0.05) is 24.8 Å². The summed E-state index contributed by atoms with van der Waals surface area (Å²) in [5, 5.41) is 7.19. The monoisotopic (exact) mass is 385 g/mol. The van der Waals surface area contributed by atoms with Crippen LogP contribution in [0.2, 0.25) is 0 Å². The van der Waals surface area contributed by atoms with Crippen LogP contribution in [0.4, 0.5) is 11.5 Å². The first-order valence-corrected chi connectivity index (χ1v) is 8.67. The third-order valence-electron chi connectivity index (χ3n) is 4.42. The van der Waals surface area contributed by atoms with Gasteiger partial charge in [-0.25, -0.2) is 4.98 Å². The van der Waals surface area contributed by atoms with Crippen LogP contribution in [0.3, 0.4) is 0 Å². The minimum absolute atomic E-state index is 0.117. The van der Waals surface area contributed by atoms with Crippen molar-refractivity contribution in [1.29, 1.82) is 0 Å². The van der Waals surface area contributed by atoms with Gasteiger partial charge in [-0.2, -0.15) is 4.98 Å². The Labute approximate surface area is 160 Å². The van der Waals surface area contributed by atoms with Gasteiger partial charge in [-0.15, -0.1) is 0 Å². The molecule has 0 bridgehead atoms. The molecule has 3 heterocycles. The van der Waals surface area contributed by atoms with Crippen molar-refractivity contribution >= 4 is 28.5 Å². The highest BCUT2D eigenvalue weighted by molar-refractivity contribution is 6.12. The summed E-state index contributed by atoms with van der Waals surface area (Å²) >= 11 is 0. The third-order valence-corrected chi connectivity index (χ3v) is 4.42. The highest BCUT2D eigenvalue weighted by Crippen LogP contribution is 2.31. The fourth-order valence-electron chi connectivity index (χ4n) is 3.05. The zero-order valence-corrected chi connectivity index (χ0v) is 15.5. The predicted octanol–water partition coefficient (Wildman–Crippen LogP) is 1.72. The van der Waals surface area contributed by atoms with Crippen molar-refractivity contribution in [2.45, 2.75) is 0 Å². The molecule has 1 aromatic carbocycles. The Balaban J connectivity index is 1.66. The maximum absolute atomic E-state index is 12.9. The van der Waals surface area contributed by atoms with Gasteiger partial charge in [-0.1, -0.05) is 5.16 Å². The number of anilines is 2. The number of hydrogen-bond donors (Lipinski definition) is 1. The number of hydrogen-bond acceptors (Lipinski definition) is 9. The van der Waals surface area contributed by atoms with Crippen LogP contribution in [-0.4, -0.2) is 61.6 Å². The Hall–Kier alpha value is -3.40. The topological polar surface area (TPSA) is 112 Å². The Bertz CT molecular complexity index is 999. The lowest BCUT2D eigenvalue weighted by Gasteiger charge is -2.27. The number of amides is 1. The maximum atomic E-state index is 12.9. The van der Waals surface area contributed by atoms with Gasteiger partial charge in [-0.3, -0.25) is 4.79 Å². The molecule has 0 spiro atoms. The average molecular weight is 385 g/mol. The normalized spacial score (nSPS) is 14.1. The molecule has 1 N–H and O–H groups in total. The van der Waals surface area contributed by atoms with E-state index in [4.69, 9.17) is 18.7 Å². The first kappa shape index (κ1) is 18.0. The summed E-state index contributed by atoms with van der Waals surface area (Å²) in [6.45, 7) is 2.50. The van der Waals surface area contributed by atoms with Crippen LogP contribution < -0.4 is 19.7 Å². The summed E-state index contributed by atoms with van der Waals surface area (Å²) in [4.78, 5) is 23.3. The van der Waals surface area contributed by atoms with Crippen molar-refractivity contribution in [2.24, 2.45) is 0 Å². The zero-order chi connectivity index (χ0) is 19.5. The van der Waals surface area contributed by atoms with Gasteiger partial charge >= 0.3 is 0 Å². The number of carbonyl (C=O) groups is 1. The third kappa shape index (κ3) is 3.29. The van der Waals surface area contributed by atoms with Crippen molar-refractivity contribution in [3.63, 3.8) is 0 Å². The minimum atomic E-state index is -0.435. The van der Waals surface area contributed by atoms with Gasteiger partial charge in [0.2, 0.25) is 0 Å². The number of methoxy groups -OCH3 is 2. The second kappa shape index (κ2) is 7.69. The summed E-state index contributed by atoms with van der Waals surface area (Å²) in [7, 11) is 3.07. The molecule has 10 nitrogen and oxygen atoms in total. The van der Waals surface area contributed by atoms with E-state index < -0.39 is 5.91 Å². The van der Waals surface area contributed by atoms with Gasteiger partial charge in [-0.05, 0) is 12.1 Å². The molecule has 1 aliphatic rings. The Morgan fingerprint density at radius 3 is 2.68 bits per heavy atom. The van der Waals surface area contributed by atoms with Crippen LogP contribution in [0.5, 0.6) is 11.5 Å². The Morgan fingerprint density at radius 1 is 1.14 bits per heavy atom. The highest BCUT2D eigenvalue weighted by atomic mass is 16.5. The quantitative estimate of drug-likeness (QED) is 0.701. The lowest BCUT2D eigenvalue weighted by atomic mass is 10.2. The molecule has 2 aromatic heterocycles. The molecule has 0 radical (unpaired) electrons. The molecule has 0 atom stereocenters. The summed E-state index contributed by atoms with van der Waals surface area (Å²) < 4.78 is 21.1. The van der Waals surface area contributed by atoms with E-state index >= 15 is 0 Å². The number of fused-ring (bicyclic) bond motifs is 1. The lowest BCUT2D eigenvalue weighted by molar-refractivity contribution is 0.102. The van der Waals surface area contributed by atoms with E-state index in [1.807, 2.05) is 4.90 Å². The van der Waals surface area contributed by atoms with Crippen molar-refractivity contribution in [1.82, 2.24) is 15.1 Å². The Kier molecular flexibility index (Phi) is 4.94. The minimum Gasteiger partial charge on any atom is -0.493 e. The Morgan fingerprint density at radius 2 is 1.93 bits per heavy atom. The largest absolute Gasteiger partial charge is 0.493 e. The van der Waals surface area contributed by atoms with E-state index in [-0.39, 0.29) is 11.4 Å². The summed E-state index contributed by atoms with van der Waals surface area (Å²) in [5.41, 5.74) is 0.907. The molecule has 0 aliphatic carbocycles. The maximum Gasteiger partial charge on any atom is 0.278 e. The number of rotatable bonds is 5. The second-order valence-corrected chi connectivity index (χ2v) is 6.03. The first-order chi connectivity index (χ1) is 13.7. The van der Waals surface area contributed by atoms with Crippen LogP contribution >= 0.6 is 0 Å². The van der Waals surface area contributed by atoms with E-state index in [0.717, 1.165) is 0 Å². The van der Waals surface area contributed by atoms with Crippen LogP contribution in [0.25, 0.3) is 11.1 Å². The van der Waals surface area contributed by atoms with Crippen molar-refractivity contribution < 1.29 is 23.5 Å². The molecule has 0 saturated carbocycles. The van der Waals surface area contributed by atoms with Crippen LogP contribution in [0, 0.1) is 0 Å². The molecular weight excluding hydrogens is 366 g/mol. The van der Waals surface area contributed by atoms with Gasteiger partial charge in [0.1, 0.15) is 17.5 Å². The number of nitrogens with one attached hydrogen (secondary N) is 1. The zero-order valence-electron chi connectivity index (χ0n) is 15.5. The molecule has 0 unspecified atom stereocenters. The number of benzene rings is 1. The molecule has 1 amide bonds. The van der Waals surface area contributed by atoms with Gasteiger partial charge in [0.25, 0.3) is 11.6 Å². The fourth-order valence-corrected chi connectivity index (χ4v) is 3.05. The molecule has 146 valence electrons. The smallest absolute Gasteiger partial charge is 0.278 e. The summed E-state index contributed by atoms with van der Waals surface area (Å²) in [6.07, 6.45) is 1.40. The van der Waals surface area contributed by atoms with E-state index in [9.17, 15) is 4.79 Å². The van der Waals surface area contributed by atoms with E-state index in [1.165, 1.54) is 13.4 Å². The predicted molar refractivity (Wildman–Crippen MR) is 100 cm³/mol. The molecule has 4 rings (SSSR count). The molecule has 3 aromatic rings. The lowest BCUT2D eigenvalue weighted by Crippen LogP contribution is -2.37. The molecule has 1 fully saturated rings. The number of carbonyl (C=O) groups excluding carboxylic acids is 1. The van der Waals surface area contributed by atoms with Crippen LogP contribution in [0.15, 0.2) is 29.0 Å². The molecule has 1 saturated heterocycles. The van der Waals surface area contributed by atoms with Gasteiger partial charge in [0.15, 0.2) is 17.2 Å². The number of aromatic nitrogens is 3. The fraction of sp³-hybridized carbons (Fsp3) is 0.333. The van der Waals surface area contributed by atoms with Crippen LogP contribution in [0.1, 0.15) is 10.5 Å². The van der Waals surface area contributed by atoms with Crippen molar-refractivity contribution in [3.05, 3.63) is 30.2 Å². The first-order valence-electron chi connectivity index (χ1n) is 8.67. The van der Waals surface area contributed by atoms with E-state index in [2.05, 4.69) is 20.4 Å². The van der Waals surface area contributed by atoms with Crippen molar-refractivity contribution in [3.8, 4) is 11.5 Å². The molecular formula is C18H19N5O5. The number of ether oxygens (including phenoxy) is 3. The van der Waals surface area contributed by atoms with Crippen molar-refractivity contribution in [2.75, 3.05) is 50.7 Å².